The first kappa shape index (κ1) is 24.1. The molecular weight excluding hydrogens is 472 g/mol. The van der Waals surface area contributed by atoms with Crippen LogP contribution in [0.2, 0.25) is 5.02 Å². The number of anilines is 1. The van der Waals surface area contributed by atoms with Gasteiger partial charge in [-0.2, -0.15) is 0 Å². The summed E-state index contributed by atoms with van der Waals surface area (Å²) >= 11 is 5.91. The number of rotatable bonds is 7. The third kappa shape index (κ3) is 5.21. The second-order valence-electron chi connectivity index (χ2n) is 8.37. The van der Waals surface area contributed by atoms with E-state index >= 15 is 0 Å². The lowest BCUT2D eigenvalue weighted by Gasteiger charge is -2.30. The average molecular weight is 499 g/mol. The monoisotopic (exact) mass is 498 g/mol. The molecule has 0 fully saturated rings. The molecule has 0 spiro atoms. The summed E-state index contributed by atoms with van der Waals surface area (Å²) in [5, 5.41) is 3.52. The maximum Gasteiger partial charge on any atom is 0.264 e. The van der Waals surface area contributed by atoms with Crippen LogP contribution >= 0.6 is 11.6 Å². The highest BCUT2D eigenvalue weighted by molar-refractivity contribution is 7.92. The minimum Gasteiger partial charge on any atom is -0.484 e. The normalized spacial score (nSPS) is 14.3. The molecule has 3 aromatic carbocycles. The lowest BCUT2D eigenvalue weighted by atomic mass is 10.0. The number of ether oxygens (including phenoxy) is 1. The first-order valence-corrected chi connectivity index (χ1v) is 13.0. The van der Waals surface area contributed by atoms with Gasteiger partial charge in [0.05, 0.1) is 16.6 Å². The van der Waals surface area contributed by atoms with Crippen LogP contribution in [0.1, 0.15) is 36.1 Å². The molecule has 1 amide bonds. The van der Waals surface area contributed by atoms with Gasteiger partial charge in [-0.05, 0) is 79.8 Å². The van der Waals surface area contributed by atoms with E-state index in [1.165, 1.54) is 10.4 Å². The molecule has 0 saturated heterocycles. The molecule has 1 N–H and O–H groups in total. The zero-order valence-electron chi connectivity index (χ0n) is 19.1. The molecule has 1 aliphatic heterocycles. The van der Waals surface area contributed by atoms with Gasteiger partial charge in [-0.15, -0.1) is 0 Å². The van der Waals surface area contributed by atoms with Crippen molar-refractivity contribution in [2.24, 2.45) is 0 Å². The smallest absolute Gasteiger partial charge is 0.264 e. The van der Waals surface area contributed by atoms with Crippen molar-refractivity contribution in [1.29, 1.82) is 0 Å². The number of aryl methyl sites for hydroxylation is 2. The topological polar surface area (TPSA) is 75.7 Å². The lowest BCUT2D eigenvalue weighted by Crippen LogP contribution is -2.35. The Morgan fingerprint density at radius 3 is 2.59 bits per heavy atom. The van der Waals surface area contributed by atoms with Crippen LogP contribution in [0.4, 0.5) is 5.69 Å². The quantitative estimate of drug-likeness (QED) is 0.494. The van der Waals surface area contributed by atoms with Gasteiger partial charge in [-0.3, -0.25) is 9.10 Å². The van der Waals surface area contributed by atoms with E-state index in [1.54, 1.807) is 31.2 Å². The number of hydrogen-bond acceptors (Lipinski definition) is 4. The summed E-state index contributed by atoms with van der Waals surface area (Å²) in [6.07, 6.45) is 1.65. The minimum absolute atomic E-state index is 0.176. The standard InChI is InChI=1S/C26H27ClN2O4S/c1-18-16-23(34(31,32)29-15-5-7-21-6-3-4-8-24(21)29)13-14-25(18)33-17-26(30)28-19(2)20-9-11-22(27)12-10-20/h3-4,6,8-14,16,19H,5,7,15,17H2,1-2H3,(H,28,30)/t19-/m1/s1. The molecule has 178 valence electrons. The fraction of sp³-hybridized carbons (Fsp3) is 0.269. The molecule has 1 heterocycles. The molecule has 4 rings (SSSR count). The second kappa shape index (κ2) is 10.1. The summed E-state index contributed by atoms with van der Waals surface area (Å²) in [6, 6.07) is 19.4. The second-order valence-corrected chi connectivity index (χ2v) is 10.7. The molecule has 1 aliphatic rings. The number of halogens is 1. The highest BCUT2D eigenvalue weighted by Gasteiger charge is 2.29. The van der Waals surface area contributed by atoms with E-state index in [2.05, 4.69) is 5.32 Å². The Hall–Kier alpha value is -3.03. The molecule has 0 aliphatic carbocycles. The van der Waals surface area contributed by atoms with Gasteiger partial charge >= 0.3 is 0 Å². The number of nitrogens with one attached hydrogen (secondary N) is 1. The third-order valence-corrected chi connectivity index (χ3v) is 7.97. The van der Waals surface area contributed by atoms with Crippen molar-refractivity contribution in [2.45, 2.75) is 37.6 Å². The molecule has 0 saturated carbocycles. The first-order chi connectivity index (χ1) is 16.3. The largest absolute Gasteiger partial charge is 0.484 e. The van der Waals surface area contributed by atoms with E-state index in [1.807, 2.05) is 43.3 Å². The van der Waals surface area contributed by atoms with Gasteiger partial charge in [0.15, 0.2) is 6.61 Å². The Bertz CT molecular complexity index is 1290. The lowest BCUT2D eigenvalue weighted by molar-refractivity contribution is -0.123. The predicted octanol–water partition coefficient (Wildman–Crippen LogP) is 5.05. The van der Waals surface area contributed by atoms with Crippen molar-refractivity contribution in [3.63, 3.8) is 0 Å². The summed E-state index contributed by atoms with van der Waals surface area (Å²) in [5.74, 6) is 0.191. The Labute approximate surface area is 205 Å². The highest BCUT2D eigenvalue weighted by Crippen LogP contribution is 2.33. The molecule has 1 atom stereocenters. The molecule has 0 bridgehead atoms. The van der Waals surface area contributed by atoms with Crippen molar-refractivity contribution >= 4 is 33.2 Å². The molecule has 3 aromatic rings. The summed E-state index contributed by atoms with van der Waals surface area (Å²) in [7, 11) is -3.71. The van der Waals surface area contributed by atoms with Crippen LogP contribution < -0.4 is 14.4 Å². The molecule has 0 unspecified atom stereocenters. The number of nitrogens with zero attached hydrogens (tertiary/aromatic N) is 1. The Balaban J connectivity index is 1.42. The number of hydrogen-bond donors (Lipinski definition) is 1. The molecular formula is C26H27ClN2O4S. The van der Waals surface area contributed by atoms with Crippen LogP contribution in [0, 0.1) is 6.92 Å². The third-order valence-electron chi connectivity index (χ3n) is 5.91. The van der Waals surface area contributed by atoms with E-state index < -0.39 is 10.0 Å². The molecule has 0 aromatic heterocycles. The van der Waals surface area contributed by atoms with Crippen molar-refractivity contribution < 1.29 is 17.9 Å². The van der Waals surface area contributed by atoms with Gasteiger partial charge < -0.3 is 10.1 Å². The van der Waals surface area contributed by atoms with Crippen molar-refractivity contribution in [3.8, 4) is 5.75 Å². The number of carbonyl (C=O) groups excluding carboxylic acids is 1. The van der Waals surface area contributed by atoms with Crippen LogP contribution in [-0.4, -0.2) is 27.5 Å². The van der Waals surface area contributed by atoms with Gasteiger partial charge in [0.2, 0.25) is 0 Å². The van der Waals surface area contributed by atoms with E-state index in [0.717, 1.165) is 29.7 Å². The van der Waals surface area contributed by atoms with Crippen LogP contribution in [0.25, 0.3) is 0 Å². The van der Waals surface area contributed by atoms with Gasteiger partial charge in [0.1, 0.15) is 5.75 Å². The zero-order valence-corrected chi connectivity index (χ0v) is 20.7. The molecule has 34 heavy (non-hydrogen) atoms. The van der Waals surface area contributed by atoms with Crippen molar-refractivity contribution in [1.82, 2.24) is 5.32 Å². The van der Waals surface area contributed by atoms with E-state index in [0.29, 0.717) is 22.9 Å². The van der Waals surface area contributed by atoms with Gasteiger partial charge in [-0.1, -0.05) is 41.9 Å². The van der Waals surface area contributed by atoms with E-state index in [9.17, 15) is 13.2 Å². The number of fused-ring (bicyclic) bond motifs is 1. The Kier molecular flexibility index (Phi) is 7.14. The average Bonchev–Trinajstić information content (AvgIpc) is 2.83. The van der Waals surface area contributed by atoms with Crippen molar-refractivity contribution in [2.75, 3.05) is 17.5 Å². The summed E-state index contributed by atoms with van der Waals surface area (Å²) in [6.45, 7) is 3.92. The Morgan fingerprint density at radius 1 is 1.12 bits per heavy atom. The molecule has 8 heteroatoms. The number of benzene rings is 3. The number of carbonyl (C=O) groups is 1. The molecule has 0 radical (unpaired) electrons. The number of para-hydroxylation sites is 1. The maximum atomic E-state index is 13.4. The van der Waals surface area contributed by atoms with Crippen LogP contribution in [0.3, 0.4) is 0 Å². The number of sulfonamides is 1. The fourth-order valence-corrected chi connectivity index (χ4v) is 5.83. The number of amides is 1. The zero-order chi connectivity index (χ0) is 24.3. The predicted molar refractivity (Wildman–Crippen MR) is 134 cm³/mol. The highest BCUT2D eigenvalue weighted by atomic mass is 35.5. The molecule has 6 nitrogen and oxygen atoms in total. The van der Waals surface area contributed by atoms with Gasteiger partial charge in [0, 0.05) is 11.6 Å². The summed E-state index contributed by atoms with van der Waals surface area (Å²) < 4.78 is 33.9. The van der Waals surface area contributed by atoms with E-state index in [-0.39, 0.29) is 23.5 Å². The Morgan fingerprint density at radius 2 is 1.85 bits per heavy atom. The fourth-order valence-electron chi connectivity index (χ4n) is 4.08. The minimum atomic E-state index is -3.71. The van der Waals surface area contributed by atoms with Gasteiger partial charge in [0.25, 0.3) is 15.9 Å². The van der Waals surface area contributed by atoms with Crippen molar-refractivity contribution in [3.05, 3.63) is 88.4 Å². The van der Waals surface area contributed by atoms with Crippen LogP contribution in [0.15, 0.2) is 71.6 Å². The van der Waals surface area contributed by atoms with E-state index in [4.69, 9.17) is 16.3 Å². The summed E-state index contributed by atoms with van der Waals surface area (Å²) in [4.78, 5) is 12.6. The first-order valence-electron chi connectivity index (χ1n) is 11.1. The van der Waals surface area contributed by atoms with Gasteiger partial charge in [-0.25, -0.2) is 8.42 Å². The maximum absolute atomic E-state index is 13.4. The van der Waals surface area contributed by atoms with Crippen LogP contribution in [0.5, 0.6) is 5.75 Å². The summed E-state index contributed by atoms with van der Waals surface area (Å²) in [5.41, 5.74) is 3.35. The SMILES string of the molecule is Cc1cc(S(=O)(=O)N2CCCc3ccccc32)ccc1OCC(=O)N[C@H](C)c1ccc(Cl)cc1. The van der Waals surface area contributed by atoms with Crippen LogP contribution in [-0.2, 0) is 21.2 Å².